The number of nitrogens with two attached hydrogens (primary N) is 1. The van der Waals surface area contributed by atoms with Gasteiger partial charge in [0, 0.05) is 5.39 Å². The monoisotopic (exact) mass is 428 g/mol. The predicted molar refractivity (Wildman–Crippen MR) is 114 cm³/mol. The summed E-state index contributed by atoms with van der Waals surface area (Å²) >= 11 is 0. The molecule has 0 aliphatic heterocycles. The van der Waals surface area contributed by atoms with Crippen LogP contribution in [0.25, 0.3) is 21.9 Å². The highest BCUT2D eigenvalue weighted by atomic mass is 19.4. The molecule has 2 aromatic heterocycles. The number of hydrogen-bond donors (Lipinski definition) is 1. The Morgan fingerprint density at radius 1 is 1.10 bits per heavy atom. The number of fused-ring (bicyclic) bond motifs is 3. The Balaban J connectivity index is 1.61. The van der Waals surface area contributed by atoms with E-state index in [0.717, 1.165) is 28.6 Å². The summed E-state index contributed by atoms with van der Waals surface area (Å²) in [6.45, 7) is 4.54. The molecule has 2 N–H and O–H groups in total. The first-order valence-electron chi connectivity index (χ1n) is 10.0. The van der Waals surface area contributed by atoms with E-state index in [1.807, 2.05) is 28.8 Å². The van der Waals surface area contributed by atoms with E-state index >= 15 is 0 Å². The molecule has 1 atom stereocenters. The van der Waals surface area contributed by atoms with Gasteiger partial charge in [0.1, 0.15) is 5.52 Å². The number of ether oxygens (including phenoxy) is 1. The summed E-state index contributed by atoms with van der Waals surface area (Å²) in [6.07, 6.45) is -2.64. The van der Waals surface area contributed by atoms with Gasteiger partial charge in [-0.1, -0.05) is 44.2 Å². The Kier molecular flexibility index (Phi) is 5.58. The van der Waals surface area contributed by atoms with Crippen molar-refractivity contribution >= 4 is 27.8 Å². The molecule has 0 radical (unpaired) electrons. The molecule has 0 aliphatic rings. The van der Waals surface area contributed by atoms with Crippen LogP contribution < -0.4 is 5.73 Å². The quantitative estimate of drug-likeness (QED) is 0.434. The fraction of sp³-hybridized carbons (Fsp3) is 0.304. The summed E-state index contributed by atoms with van der Waals surface area (Å²) in [6, 6.07) is 12.8. The summed E-state index contributed by atoms with van der Waals surface area (Å²) in [5, 5.41) is 0.938. The van der Waals surface area contributed by atoms with Gasteiger partial charge >= 0.3 is 6.18 Å². The minimum Gasteiger partial charge on any atom is -0.382 e. The van der Waals surface area contributed by atoms with E-state index in [1.165, 1.54) is 6.07 Å². The van der Waals surface area contributed by atoms with Crippen LogP contribution >= 0.6 is 0 Å². The molecule has 8 heteroatoms. The van der Waals surface area contributed by atoms with Gasteiger partial charge < -0.3 is 15.0 Å². The second-order valence-electron chi connectivity index (χ2n) is 7.89. The maximum atomic E-state index is 13.0. The van der Waals surface area contributed by atoms with Crippen molar-refractivity contribution in [2.24, 2.45) is 5.92 Å². The van der Waals surface area contributed by atoms with Gasteiger partial charge in [-0.15, -0.1) is 0 Å². The number of nitrogens with zero attached hydrogens (tertiary/aromatic N) is 3. The Hall–Kier alpha value is -3.13. The maximum absolute atomic E-state index is 13.0. The molecule has 162 valence electrons. The number of anilines is 1. The Bertz CT molecular complexity index is 1220. The van der Waals surface area contributed by atoms with Crippen molar-refractivity contribution in [3.8, 4) is 0 Å². The van der Waals surface area contributed by atoms with Gasteiger partial charge in [-0.3, -0.25) is 0 Å². The molecule has 0 fully saturated rings. The number of hydrogen-bond acceptors (Lipinski definition) is 4. The third-order valence-corrected chi connectivity index (χ3v) is 5.37. The van der Waals surface area contributed by atoms with Gasteiger partial charge in [0.15, 0.2) is 5.82 Å². The molecule has 0 saturated heterocycles. The molecule has 0 saturated carbocycles. The van der Waals surface area contributed by atoms with Crippen molar-refractivity contribution in [3.63, 3.8) is 0 Å². The van der Waals surface area contributed by atoms with Crippen molar-refractivity contribution in [3.05, 3.63) is 66.0 Å². The molecule has 0 aliphatic carbocycles. The van der Waals surface area contributed by atoms with Crippen LogP contribution in [0, 0.1) is 5.92 Å². The number of para-hydroxylation sites is 1. The lowest BCUT2D eigenvalue weighted by atomic mass is 10.0. The second kappa shape index (κ2) is 8.19. The molecule has 31 heavy (non-hydrogen) atoms. The van der Waals surface area contributed by atoms with Crippen LogP contribution in [0.15, 0.2) is 54.9 Å². The van der Waals surface area contributed by atoms with Crippen LogP contribution in [-0.2, 0) is 17.5 Å². The third-order valence-electron chi connectivity index (χ3n) is 5.37. The average molecular weight is 428 g/mol. The Morgan fingerprint density at radius 2 is 1.87 bits per heavy atom. The van der Waals surface area contributed by atoms with E-state index in [0.29, 0.717) is 23.5 Å². The van der Waals surface area contributed by atoms with E-state index in [-0.39, 0.29) is 18.6 Å². The molecule has 2 heterocycles. The number of alkyl halides is 3. The zero-order chi connectivity index (χ0) is 22.2. The molecular formula is C23H23F3N4O. The number of benzene rings is 2. The first-order valence-corrected chi connectivity index (χ1v) is 10.0. The summed E-state index contributed by atoms with van der Waals surface area (Å²) in [5.41, 5.74) is 8.21. The highest BCUT2D eigenvalue weighted by Gasteiger charge is 2.30. The molecule has 2 aromatic carbocycles. The zero-order valence-corrected chi connectivity index (χ0v) is 17.2. The van der Waals surface area contributed by atoms with Crippen molar-refractivity contribution in [1.29, 1.82) is 0 Å². The van der Waals surface area contributed by atoms with Gasteiger partial charge in [-0.25, -0.2) is 9.97 Å². The number of nitrogen functional groups attached to an aromatic ring is 1. The number of rotatable bonds is 6. The summed E-state index contributed by atoms with van der Waals surface area (Å²) in [5.74, 6) is 0.548. The summed E-state index contributed by atoms with van der Waals surface area (Å²) in [4.78, 5) is 8.90. The highest BCUT2D eigenvalue weighted by Crippen LogP contribution is 2.32. The predicted octanol–water partition coefficient (Wildman–Crippen LogP) is 5.60. The van der Waals surface area contributed by atoms with Crippen molar-refractivity contribution in [2.45, 2.75) is 32.7 Å². The number of halogens is 3. The smallest absolute Gasteiger partial charge is 0.382 e. The molecule has 5 nitrogen and oxygen atoms in total. The average Bonchev–Trinajstić information content (AvgIpc) is 3.16. The zero-order valence-electron chi connectivity index (χ0n) is 17.2. The fourth-order valence-electron chi connectivity index (χ4n) is 3.75. The largest absolute Gasteiger partial charge is 0.416 e. The van der Waals surface area contributed by atoms with Crippen molar-refractivity contribution in [2.75, 3.05) is 12.3 Å². The van der Waals surface area contributed by atoms with Gasteiger partial charge in [-0.05, 0) is 29.7 Å². The molecule has 0 amide bonds. The van der Waals surface area contributed by atoms with Crippen molar-refractivity contribution in [1.82, 2.24) is 14.5 Å². The SMILES string of the molecule is CC(C)C(COCc1cccc(C(F)(F)F)c1)n1cnc2c(N)nc3ccccc3c21. The molecule has 4 rings (SSSR count). The second-order valence-corrected chi connectivity index (χ2v) is 7.89. The van der Waals surface area contributed by atoms with Crippen LogP contribution in [0.2, 0.25) is 0 Å². The number of pyridine rings is 1. The fourth-order valence-corrected chi connectivity index (χ4v) is 3.75. The first kappa shape index (κ1) is 21.1. The van der Waals surface area contributed by atoms with Crippen LogP contribution in [0.4, 0.5) is 19.0 Å². The van der Waals surface area contributed by atoms with Gasteiger partial charge in [0.2, 0.25) is 0 Å². The summed E-state index contributed by atoms with van der Waals surface area (Å²) in [7, 11) is 0. The van der Waals surface area contributed by atoms with Crippen LogP contribution in [0.3, 0.4) is 0 Å². The van der Waals surface area contributed by atoms with E-state index < -0.39 is 11.7 Å². The van der Waals surface area contributed by atoms with Gasteiger partial charge in [-0.2, -0.15) is 13.2 Å². The normalized spacial score (nSPS) is 13.4. The van der Waals surface area contributed by atoms with Crippen LogP contribution in [-0.4, -0.2) is 21.1 Å². The molecular weight excluding hydrogens is 405 g/mol. The van der Waals surface area contributed by atoms with Gasteiger partial charge in [0.25, 0.3) is 0 Å². The minimum atomic E-state index is -4.37. The third kappa shape index (κ3) is 4.20. The lowest BCUT2D eigenvalue weighted by Crippen LogP contribution is -2.20. The molecule has 4 aromatic rings. The lowest BCUT2D eigenvalue weighted by Gasteiger charge is -2.24. The van der Waals surface area contributed by atoms with E-state index in [4.69, 9.17) is 10.5 Å². The van der Waals surface area contributed by atoms with E-state index in [1.54, 1.807) is 12.4 Å². The van der Waals surface area contributed by atoms with E-state index in [2.05, 4.69) is 23.8 Å². The molecule has 0 spiro atoms. The maximum Gasteiger partial charge on any atom is 0.416 e. The van der Waals surface area contributed by atoms with Gasteiger partial charge in [0.05, 0.1) is 42.2 Å². The van der Waals surface area contributed by atoms with Crippen LogP contribution in [0.1, 0.15) is 31.0 Å². The van der Waals surface area contributed by atoms with Crippen LogP contribution in [0.5, 0.6) is 0 Å². The molecule has 0 bridgehead atoms. The molecule has 1 unspecified atom stereocenters. The lowest BCUT2D eigenvalue weighted by molar-refractivity contribution is -0.137. The first-order chi connectivity index (χ1) is 14.8. The van der Waals surface area contributed by atoms with E-state index in [9.17, 15) is 13.2 Å². The minimum absolute atomic E-state index is 0.0824. The Morgan fingerprint density at radius 3 is 2.61 bits per heavy atom. The number of aromatic nitrogens is 3. The standard InChI is InChI=1S/C23H23F3N4O/c1-14(2)19(12-31-11-15-6-5-7-16(10-15)23(24,25)26)30-13-28-20-21(30)17-8-3-4-9-18(17)29-22(20)27/h3-10,13-14,19H,11-12H2,1-2H3,(H2,27,29). The topological polar surface area (TPSA) is 66.0 Å². The number of imidazole rings is 1. The summed E-state index contributed by atoms with van der Waals surface area (Å²) < 4.78 is 46.8. The van der Waals surface area contributed by atoms with Crippen molar-refractivity contribution < 1.29 is 17.9 Å². The highest BCUT2D eigenvalue weighted by molar-refractivity contribution is 6.06. The Labute approximate surface area is 177 Å².